The molecule has 1 aromatic carbocycles. The smallest absolute Gasteiger partial charge is 0.403 e. The van der Waals surface area contributed by atoms with E-state index in [0.29, 0.717) is 32.1 Å². The number of nitrogens with one attached hydrogen (secondary N) is 3. The van der Waals surface area contributed by atoms with Crippen LogP contribution in [0.3, 0.4) is 0 Å². The van der Waals surface area contributed by atoms with Crippen molar-refractivity contribution >= 4 is 36.0 Å². The number of hydrogen-bond acceptors (Lipinski definition) is 9. The van der Waals surface area contributed by atoms with E-state index in [-0.39, 0.29) is 55.6 Å². The van der Waals surface area contributed by atoms with Gasteiger partial charge >= 0.3 is 12.1 Å². The molecule has 2 amide bonds. The van der Waals surface area contributed by atoms with Gasteiger partial charge < -0.3 is 34.8 Å². The lowest BCUT2D eigenvalue weighted by Crippen LogP contribution is -2.49. The van der Waals surface area contributed by atoms with E-state index in [1.165, 1.54) is 57.1 Å². The van der Waals surface area contributed by atoms with Gasteiger partial charge in [-0.1, -0.05) is 86.8 Å². The Labute approximate surface area is 336 Å². The van der Waals surface area contributed by atoms with Gasteiger partial charge in [0.15, 0.2) is 0 Å². The average molecular weight is 804 g/mol. The molecule has 0 spiro atoms. The fourth-order valence-electron chi connectivity index (χ4n) is 5.18. The van der Waals surface area contributed by atoms with Gasteiger partial charge in [0.2, 0.25) is 11.8 Å². The number of carbonyl (C=O) groups excluding carboxylic acids is 5. The largest absolute Gasteiger partial charge is 0.461 e. The van der Waals surface area contributed by atoms with Crippen LogP contribution in [0.2, 0.25) is 0 Å². The highest BCUT2D eigenvalue weighted by molar-refractivity contribution is 5.92. The Bertz CT molecular complexity index is 1150. The van der Waals surface area contributed by atoms with Crippen LogP contribution in [-0.4, -0.2) is 105 Å². The fourth-order valence-corrected chi connectivity index (χ4v) is 5.18. The summed E-state index contributed by atoms with van der Waals surface area (Å²) in [5.74, 6) is -1.11. The number of nitrogens with zero attached hydrogens (tertiary/aromatic N) is 2. The number of hydrogen-bond donors (Lipinski definition) is 3. The number of aldehydes is 2. The maximum Gasteiger partial charge on any atom is 0.403 e. The maximum atomic E-state index is 13.1. The molecule has 0 aliphatic carbocycles. The van der Waals surface area contributed by atoms with E-state index in [9.17, 15) is 37.1 Å². The second-order valence-electron chi connectivity index (χ2n) is 13.6. The van der Waals surface area contributed by atoms with E-state index in [1.54, 1.807) is 59.1 Å². The van der Waals surface area contributed by atoms with E-state index in [2.05, 4.69) is 27.8 Å². The van der Waals surface area contributed by atoms with E-state index in [4.69, 9.17) is 4.74 Å². The van der Waals surface area contributed by atoms with Crippen LogP contribution in [0.15, 0.2) is 24.3 Å². The van der Waals surface area contributed by atoms with Crippen molar-refractivity contribution in [3.8, 4) is 0 Å². The number of anilines is 1. The highest BCUT2D eigenvalue weighted by Crippen LogP contribution is 2.25. The summed E-state index contributed by atoms with van der Waals surface area (Å²) in [5.41, 5.74) is 1.60. The van der Waals surface area contributed by atoms with Crippen molar-refractivity contribution in [1.29, 1.82) is 0 Å². The quantitative estimate of drug-likeness (QED) is 0.0685. The Morgan fingerprint density at radius 2 is 1.52 bits per heavy atom. The maximum absolute atomic E-state index is 13.1. The highest BCUT2D eigenvalue weighted by Gasteiger charge is 2.40. The lowest BCUT2D eigenvalue weighted by Gasteiger charge is -2.26. The fraction of sp³-hybridized carbons (Fsp3) is 0.738. The molecule has 1 saturated heterocycles. The van der Waals surface area contributed by atoms with Crippen molar-refractivity contribution in [3.63, 3.8) is 0 Å². The Kier molecular flexibility index (Phi) is 36.6. The summed E-state index contributed by atoms with van der Waals surface area (Å²) in [6.07, 6.45) is 3.97. The first-order valence-corrected chi connectivity index (χ1v) is 20.4. The molecule has 3 unspecified atom stereocenters. The van der Waals surface area contributed by atoms with Gasteiger partial charge in [-0.3, -0.25) is 19.7 Å². The number of ether oxygens (including phenoxy) is 1. The van der Waals surface area contributed by atoms with Crippen LogP contribution >= 0.6 is 0 Å². The molecular formula is C42H76F3N5O6. The van der Waals surface area contributed by atoms with Crippen LogP contribution in [0.4, 0.5) is 18.9 Å². The van der Waals surface area contributed by atoms with Crippen molar-refractivity contribution in [2.24, 2.45) is 11.8 Å². The van der Waals surface area contributed by atoms with E-state index >= 15 is 0 Å². The van der Waals surface area contributed by atoms with Crippen molar-refractivity contribution < 1.29 is 41.9 Å². The van der Waals surface area contributed by atoms with Crippen molar-refractivity contribution in [2.45, 2.75) is 145 Å². The monoisotopic (exact) mass is 804 g/mol. The molecule has 14 heteroatoms. The first-order chi connectivity index (χ1) is 26.6. The minimum atomic E-state index is -4.41. The van der Waals surface area contributed by atoms with Gasteiger partial charge in [-0.05, 0) is 82.4 Å². The van der Waals surface area contributed by atoms with Gasteiger partial charge in [0.25, 0.3) is 0 Å². The number of likely N-dealkylation sites (tertiary alicyclic amines) is 1. The molecular weight excluding hydrogens is 727 g/mol. The van der Waals surface area contributed by atoms with E-state index in [0.717, 1.165) is 17.5 Å². The lowest BCUT2D eigenvalue weighted by atomic mass is 10.0. The van der Waals surface area contributed by atoms with E-state index in [1.807, 2.05) is 27.7 Å². The zero-order valence-electron chi connectivity index (χ0n) is 36.4. The molecule has 326 valence electrons. The summed E-state index contributed by atoms with van der Waals surface area (Å²) in [5, 5.41) is 7.89. The Morgan fingerprint density at radius 1 is 0.929 bits per heavy atom. The summed E-state index contributed by atoms with van der Waals surface area (Å²) < 4.78 is 44.2. The molecule has 0 radical (unpaired) electrons. The molecule has 11 nitrogen and oxygen atoms in total. The van der Waals surface area contributed by atoms with Crippen LogP contribution < -0.4 is 16.0 Å². The Balaban J connectivity index is -0.000000794. The first kappa shape index (κ1) is 57.0. The second-order valence-corrected chi connectivity index (χ2v) is 13.6. The molecule has 0 bridgehead atoms. The summed E-state index contributed by atoms with van der Waals surface area (Å²) in [6, 6.07) is 4.60. The first-order valence-electron chi connectivity index (χ1n) is 20.4. The van der Waals surface area contributed by atoms with Gasteiger partial charge in [-0.25, -0.2) is 0 Å². The molecule has 2 rings (SSSR count). The molecule has 0 saturated carbocycles. The second kappa shape index (κ2) is 36.0. The molecule has 3 atom stereocenters. The molecule has 1 aromatic rings. The van der Waals surface area contributed by atoms with Crippen molar-refractivity contribution in [1.82, 2.24) is 20.4 Å². The summed E-state index contributed by atoms with van der Waals surface area (Å²) in [7, 11) is 3.33. The normalized spacial score (nSPS) is 13.9. The zero-order chi connectivity index (χ0) is 43.5. The van der Waals surface area contributed by atoms with Crippen molar-refractivity contribution in [3.05, 3.63) is 29.8 Å². The van der Waals surface area contributed by atoms with Crippen LogP contribution in [0, 0.1) is 11.8 Å². The number of alkyl halides is 3. The number of unbranched alkanes of at least 4 members (excludes halogenated alkanes) is 2. The third-order valence-corrected chi connectivity index (χ3v) is 8.30. The molecule has 1 heterocycles. The number of halogens is 3. The Hall–Kier alpha value is -3.36. The SMILES string of the molecule is CC.CC.CC(C=O)CC(=O)N(C)CCCCCC(NC(C=O)C(C)C)C(F)(F)F.CCCN1CCCCC1.CNCC(=O)Nc1ccc(COC(C)=O)cc1. The summed E-state index contributed by atoms with van der Waals surface area (Å²) in [4.78, 5) is 59.3. The van der Waals surface area contributed by atoms with Crippen LogP contribution in [0.5, 0.6) is 0 Å². The lowest BCUT2D eigenvalue weighted by molar-refractivity contribution is -0.160. The Morgan fingerprint density at radius 3 is 1.98 bits per heavy atom. The number of likely N-dealkylation sites (N-methyl/N-ethyl adjacent to an activating group) is 1. The molecule has 56 heavy (non-hydrogen) atoms. The number of rotatable bonds is 20. The molecule has 3 N–H and O–H groups in total. The number of amides is 2. The third kappa shape index (κ3) is 30.8. The molecule has 1 aliphatic rings. The predicted octanol–water partition coefficient (Wildman–Crippen LogP) is 7.82. The molecule has 1 fully saturated rings. The minimum absolute atomic E-state index is 0.0970. The van der Waals surface area contributed by atoms with Gasteiger partial charge in [-0.2, -0.15) is 13.2 Å². The number of carbonyl (C=O) groups is 5. The zero-order valence-corrected chi connectivity index (χ0v) is 36.4. The van der Waals surface area contributed by atoms with Gasteiger partial charge in [0, 0.05) is 38.5 Å². The van der Waals surface area contributed by atoms with Crippen molar-refractivity contribution in [2.75, 3.05) is 52.1 Å². The van der Waals surface area contributed by atoms with Gasteiger partial charge in [0.05, 0.1) is 12.6 Å². The average Bonchev–Trinajstić information content (AvgIpc) is 3.17. The highest BCUT2D eigenvalue weighted by atomic mass is 19.4. The minimum Gasteiger partial charge on any atom is -0.461 e. The number of esters is 1. The molecule has 1 aliphatic heterocycles. The number of piperidine rings is 1. The summed E-state index contributed by atoms with van der Waals surface area (Å²) >= 11 is 0. The summed E-state index contributed by atoms with van der Waals surface area (Å²) in [6.45, 7) is 21.7. The van der Waals surface area contributed by atoms with Gasteiger partial charge in [0.1, 0.15) is 25.2 Å². The standard InChI is InChI=1S/C18H31F3N2O3.C12H16N2O3.C8H17N.2C2H6/c1-13(2)15(12-25)22-16(18(19,20)21)8-6-5-7-9-23(4)17(26)10-14(3)11-24;1-9(15)17-8-10-3-5-11(6-4-10)14-12(16)7-13-2;1-2-6-9-7-4-3-5-8-9;2*1-2/h11-16,22H,5-10H2,1-4H3;3-6,13H,7-8H2,1-2H3,(H,14,16);2-8H2,1H3;2*1-2H3. The van der Waals surface area contributed by atoms with Crippen LogP contribution in [0.25, 0.3) is 0 Å². The topological polar surface area (TPSA) is 137 Å². The van der Waals surface area contributed by atoms with Crippen LogP contribution in [-0.2, 0) is 35.3 Å². The van der Waals surface area contributed by atoms with E-state index < -0.39 is 18.3 Å². The van der Waals surface area contributed by atoms with Crippen LogP contribution in [0.1, 0.15) is 126 Å². The molecule has 0 aromatic heterocycles. The van der Waals surface area contributed by atoms with Gasteiger partial charge in [-0.15, -0.1) is 0 Å². The predicted molar refractivity (Wildman–Crippen MR) is 221 cm³/mol. The third-order valence-electron chi connectivity index (χ3n) is 8.30. The number of benzene rings is 1.